The average molecular weight is 349 g/mol. The normalized spacial score (nSPS) is 9.83. The molecular weight excluding hydrogens is 336 g/mol. The Morgan fingerprint density at radius 3 is 2.26 bits per heavy atom. The summed E-state index contributed by atoms with van der Waals surface area (Å²) in [5, 5.41) is 8.37. The fourth-order valence-corrected chi connectivity index (χ4v) is 2.18. The summed E-state index contributed by atoms with van der Waals surface area (Å²) < 4.78 is 0. The van der Waals surface area contributed by atoms with Gasteiger partial charge in [-0.25, -0.2) is 4.98 Å². The van der Waals surface area contributed by atoms with Crippen LogP contribution in [0.15, 0.2) is 42.6 Å². The van der Waals surface area contributed by atoms with Gasteiger partial charge in [0.25, 0.3) is 5.91 Å². The molecule has 2 amide bonds. The van der Waals surface area contributed by atoms with Crippen LogP contribution in [0.3, 0.4) is 0 Å². The predicted octanol–water partition coefficient (Wildman–Crippen LogP) is 2.82. The zero-order chi connectivity index (χ0) is 16.8. The third-order valence-electron chi connectivity index (χ3n) is 2.69. The first-order valence-corrected chi connectivity index (χ1v) is 7.35. The highest BCUT2D eigenvalue weighted by atomic mass is 35.5. The molecule has 0 unspecified atom stereocenters. The number of thiocarbonyl (C=S) groups is 1. The summed E-state index contributed by atoms with van der Waals surface area (Å²) in [5.74, 6) is -0.600. The van der Waals surface area contributed by atoms with Crippen molar-refractivity contribution in [3.05, 3.63) is 53.3 Å². The van der Waals surface area contributed by atoms with E-state index in [0.29, 0.717) is 16.9 Å². The molecule has 1 heterocycles. The van der Waals surface area contributed by atoms with E-state index >= 15 is 0 Å². The number of nitrogens with one attached hydrogen (secondary N) is 3. The molecule has 0 bridgehead atoms. The minimum Gasteiger partial charge on any atom is -0.332 e. The summed E-state index contributed by atoms with van der Waals surface area (Å²) in [4.78, 5) is 26.8. The van der Waals surface area contributed by atoms with E-state index in [1.54, 1.807) is 36.4 Å². The second-order valence-electron chi connectivity index (χ2n) is 4.51. The summed E-state index contributed by atoms with van der Waals surface area (Å²) in [5.41, 5.74) is 1.57. The number of anilines is 2. The van der Waals surface area contributed by atoms with Crippen molar-refractivity contribution < 1.29 is 9.59 Å². The monoisotopic (exact) mass is 348 g/mol. The number of hydrogen-bond donors (Lipinski definition) is 3. The minimum atomic E-state index is -0.349. The highest BCUT2D eigenvalue weighted by Gasteiger charge is 2.10. The molecule has 0 spiro atoms. The van der Waals surface area contributed by atoms with Gasteiger partial charge in [0.05, 0.1) is 5.56 Å². The number of benzene rings is 1. The van der Waals surface area contributed by atoms with E-state index in [1.165, 1.54) is 13.1 Å². The van der Waals surface area contributed by atoms with Crippen LogP contribution in [0.4, 0.5) is 11.4 Å². The predicted molar refractivity (Wildman–Crippen MR) is 93.7 cm³/mol. The van der Waals surface area contributed by atoms with E-state index in [4.69, 9.17) is 23.8 Å². The molecule has 0 fully saturated rings. The molecule has 23 heavy (non-hydrogen) atoms. The zero-order valence-corrected chi connectivity index (χ0v) is 13.7. The van der Waals surface area contributed by atoms with Crippen molar-refractivity contribution in [3.63, 3.8) is 0 Å². The molecular formula is C15H13ClN4O2S. The van der Waals surface area contributed by atoms with Crippen LogP contribution in [0.1, 0.15) is 17.3 Å². The molecule has 0 saturated heterocycles. The van der Waals surface area contributed by atoms with Crippen molar-refractivity contribution in [3.8, 4) is 0 Å². The van der Waals surface area contributed by atoms with Crippen molar-refractivity contribution in [1.29, 1.82) is 0 Å². The first kappa shape index (κ1) is 16.9. The maximum atomic E-state index is 12.1. The first-order valence-electron chi connectivity index (χ1n) is 6.56. The highest BCUT2D eigenvalue weighted by molar-refractivity contribution is 7.80. The van der Waals surface area contributed by atoms with Gasteiger partial charge in [0.1, 0.15) is 5.15 Å². The molecule has 8 heteroatoms. The maximum absolute atomic E-state index is 12.1. The topological polar surface area (TPSA) is 83.1 Å². The van der Waals surface area contributed by atoms with Gasteiger partial charge in [-0.3, -0.25) is 9.59 Å². The van der Waals surface area contributed by atoms with Crippen LogP contribution in [0, 0.1) is 0 Å². The van der Waals surface area contributed by atoms with E-state index in [2.05, 4.69) is 20.9 Å². The van der Waals surface area contributed by atoms with E-state index in [1.807, 2.05) is 0 Å². The third-order valence-corrected chi connectivity index (χ3v) is 3.20. The van der Waals surface area contributed by atoms with Crippen LogP contribution < -0.4 is 16.0 Å². The van der Waals surface area contributed by atoms with Crippen LogP contribution in [0.25, 0.3) is 0 Å². The van der Waals surface area contributed by atoms with E-state index in [-0.39, 0.29) is 22.1 Å². The number of nitrogens with zero attached hydrogens (tertiary/aromatic N) is 1. The number of carbonyl (C=O) groups excluding carboxylic acids is 2. The molecule has 118 valence electrons. The van der Waals surface area contributed by atoms with Gasteiger partial charge in [-0.05, 0) is 48.6 Å². The molecule has 0 aliphatic heterocycles. The molecule has 1 aromatic carbocycles. The third kappa shape index (κ3) is 5.01. The molecule has 1 aromatic heterocycles. The lowest BCUT2D eigenvalue weighted by Crippen LogP contribution is -2.32. The number of rotatable bonds is 3. The van der Waals surface area contributed by atoms with Gasteiger partial charge in [0, 0.05) is 24.5 Å². The Labute approximate surface area is 143 Å². The number of pyridine rings is 1. The standard InChI is InChI=1S/C15H13ClN4O2S/c1-9(21)18-15(23)20-11-6-4-10(5-7-11)19-14(22)12-3-2-8-17-13(12)16/h2-8H,1H3,(H,19,22)(H2,18,20,21,23). The Kier molecular flexibility index (Phi) is 5.61. The van der Waals surface area contributed by atoms with Crippen LogP contribution in [-0.4, -0.2) is 21.9 Å². The van der Waals surface area contributed by atoms with Gasteiger partial charge in [-0.15, -0.1) is 0 Å². The molecule has 0 atom stereocenters. The summed E-state index contributed by atoms with van der Waals surface area (Å²) in [7, 11) is 0. The lowest BCUT2D eigenvalue weighted by atomic mass is 10.2. The molecule has 6 nitrogen and oxygen atoms in total. The van der Waals surface area contributed by atoms with Gasteiger partial charge in [0.15, 0.2) is 5.11 Å². The Morgan fingerprint density at radius 1 is 1.09 bits per heavy atom. The smallest absolute Gasteiger partial charge is 0.258 e. The number of aromatic nitrogens is 1. The van der Waals surface area contributed by atoms with E-state index in [9.17, 15) is 9.59 Å². The lowest BCUT2D eigenvalue weighted by molar-refractivity contribution is -0.117. The van der Waals surface area contributed by atoms with Crippen molar-refractivity contribution in [2.75, 3.05) is 10.6 Å². The minimum absolute atomic E-state index is 0.143. The summed E-state index contributed by atoms with van der Waals surface area (Å²) in [6.45, 7) is 1.37. The summed E-state index contributed by atoms with van der Waals surface area (Å²) in [6, 6.07) is 10.0. The average Bonchev–Trinajstić information content (AvgIpc) is 2.48. The fraction of sp³-hybridized carbons (Fsp3) is 0.0667. The van der Waals surface area contributed by atoms with Gasteiger partial charge >= 0.3 is 0 Å². The Balaban J connectivity index is 2.00. The van der Waals surface area contributed by atoms with Crippen molar-refractivity contribution in [2.24, 2.45) is 0 Å². The Hall–Kier alpha value is -2.51. The Morgan fingerprint density at radius 2 is 1.70 bits per heavy atom. The Bertz CT molecular complexity index is 749. The lowest BCUT2D eigenvalue weighted by Gasteiger charge is -2.10. The van der Waals surface area contributed by atoms with E-state index in [0.717, 1.165) is 0 Å². The van der Waals surface area contributed by atoms with E-state index < -0.39 is 0 Å². The van der Waals surface area contributed by atoms with Crippen LogP contribution in [-0.2, 0) is 4.79 Å². The largest absolute Gasteiger partial charge is 0.332 e. The second-order valence-corrected chi connectivity index (χ2v) is 5.27. The number of halogens is 1. The molecule has 3 N–H and O–H groups in total. The number of amides is 2. The van der Waals surface area contributed by atoms with Crippen LogP contribution >= 0.6 is 23.8 Å². The van der Waals surface area contributed by atoms with Gasteiger partial charge in [-0.1, -0.05) is 11.6 Å². The summed E-state index contributed by atoms with van der Waals surface area (Å²) in [6.07, 6.45) is 1.51. The van der Waals surface area contributed by atoms with Crippen LogP contribution in [0.5, 0.6) is 0 Å². The first-order chi connectivity index (χ1) is 11.0. The number of carbonyl (C=O) groups is 2. The molecule has 0 aliphatic carbocycles. The maximum Gasteiger partial charge on any atom is 0.258 e. The van der Waals surface area contributed by atoms with Gasteiger partial charge < -0.3 is 16.0 Å². The molecule has 0 aliphatic rings. The SMILES string of the molecule is CC(=O)NC(=S)Nc1ccc(NC(=O)c2cccnc2Cl)cc1. The van der Waals surface area contributed by atoms with Crippen molar-refractivity contribution in [1.82, 2.24) is 10.3 Å². The van der Waals surface area contributed by atoms with Crippen molar-refractivity contribution >= 4 is 52.1 Å². The molecule has 2 rings (SSSR count). The van der Waals surface area contributed by atoms with Gasteiger partial charge in [0.2, 0.25) is 5.91 Å². The molecule has 2 aromatic rings. The second kappa shape index (κ2) is 7.66. The summed E-state index contributed by atoms with van der Waals surface area (Å²) >= 11 is 10.8. The molecule has 0 radical (unpaired) electrons. The fourth-order valence-electron chi connectivity index (χ4n) is 1.71. The van der Waals surface area contributed by atoms with Crippen molar-refractivity contribution in [2.45, 2.75) is 6.92 Å². The molecule has 0 saturated carbocycles. The number of hydrogen-bond acceptors (Lipinski definition) is 4. The van der Waals surface area contributed by atoms with Crippen LogP contribution in [0.2, 0.25) is 5.15 Å². The highest BCUT2D eigenvalue weighted by Crippen LogP contribution is 2.17. The quantitative estimate of drug-likeness (QED) is 0.587. The van der Waals surface area contributed by atoms with Gasteiger partial charge in [-0.2, -0.15) is 0 Å². The zero-order valence-electron chi connectivity index (χ0n) is 12.1.